The second-order valence-corrected chi connectivity index (χ2v) is 7.75. The summed E-state index contributed by atoms with van der Waals surface area (Å²) in [5.41, 5.74) is 15.1. The number of rotatable bonds is 5. The van der Waals surface area contributed by atoms with E-state index in [2.05, 4.69) is 25.6 Å². The number of halogens is 1. The van der Waals surface area contributed by atoms with Crippen molar-refractivity contribution < 1.29 is 0 Å². The van der Waals surface area contributed by atoms with Crippen LogP contribution in [0.15, 0.2) is 24.5 Å². The highest BCUT2D eigenvalue weighted by atomic mass is 35.5. The highest BCUT2D eigenvalue weighted by Crippen LogP contribution is 2.26. The van der Waals surface area contributed by atoms with E-state index in [1.54, 1.807) is 12.4 Å². The molecule has 28 heavy (non-hydrogen) atoms. The van der Waals surface area contributed by atoms with Crippen LogP contribution >= 0.6 is 11.6 Å². The summed E-state index contributed by atoms with van der Waals surface area (Å²) < 4.78 is 1.89. The summed E-state index contributed by atoms with van der Waals surface area (Å²) in [6.45, 7) is 0.493. The highest BCUT2D eigenvalue weighted by molar-refractivity contribution is 6.33. The van der Waals surface area contributed by atoms with Gasteiger partial charge >= 0.3 is 0 Å². The number of nitrogen functional groups attached to an aromatic ring is 1. The third-order valence-electron chi connectivity index (χ3n) is 5.25. The Kier molecular flexibility index (Phi) is 5.23. The molecular formula is C19H25ClN8. The van der Waals surface area contributed by atoms with Crippen LogP contribution in [0.5, 0.6) is 0 Å². The molecule has 0 spiro atoms. The number of anilines is 3. The molecule has 0 amide bonds. The van der Waals surface area contributed by atoms with Gasteiger partial charge in [-0.2, -0.15) is 9.97 Å². The van der Waals surface area contributed by atoms with Crippen LogP contribution < -0.4 is 22.1 Å². The first kappa shape index (κ1) is 18.8. The van der Waals surface area contributed by atoms with Crippen LogP contribution in [0.25, 0.3) is 11.2 Å². The zero-order valence-corrected chi connectivity index (χ0v) is 16.6. The molecule has 4 rings (SSSR count). The van der Waals surface area contributed by atoms with E-state index < -0.39 is 0 Å². The molecule has 0 saturated heterocycles. The van der Waals surface area contributed by atoms with Crippen LogP contribution in [0.1, 0.15) is 31.2 Å². The Bertz CT molecular complexity index is 977. The molecule has 0 aliphatic heterocycles. The Labute approximate surface area is 168 Å². The van der Waals surface area contributed by atoms with E-state index in [4.69, 9.17) is 23.1 Å². The van der Waals surface area contributed by atoms with Crippen molar-refractivity contribution in [2.75, 3.05) is 16.4 Å². The number of benzene rings is 1. The van der Waals surface area contributed by atoms with Gasteiger partial charge in [0.25, 0.3) is 0 Å². The molecule has 1 fully saturated rings. The number of imidazole rings is 1. The van der Waals surface area contributed by atoms with E-state index in [0.717, 1.165) is 42.4 Å². The Morgan fingerprint density at radius 1 is 1.21 bits per heavy atom. The summed E-state index contributed by atoms with van der Waals surface area (Å²) in [6, 6.07) is 6.24. The summed E-state index contributed by atoms with van der Waals surface area (Å²) in [5, 5.41) is 7.35. The molecule has 6 N–H and O–H groups in total. The van der Waals surface area contributed by atoms with Gasteiger partial charge in [-0.3, -0.25) is 0 Å². The summed E-state index contributed by atoms with van der Waals surface area (Å²) in [4.78, 5) is 13.8. The average Bonchev–Trinajstić information content (AvgIpc) is 3.06. The standard InChI is InChI=1S/C19H25ClN8/c1-28-10-24-16-17(23-9-11-3-2-4-14(20)15(11)22)26-19(27-18(16)28)25-13-7-5-12(21)6-8-13/h2-4,10,12-13H,5-9,21-22H2,1H3,(H2,23,25,26,27). The van der Waals surface area contributed by atoms with Crippen molar-refractivity contribution in [2.45, 2.75) is 44.3 Å². The lowest BCUT2D eigenvalue weighted by atomic mass is 9.92. The third-order valence-corrected chi connectivity index (χ3v) is 5.58. The second-order valence-electron chi connectivity index (χ2n) is 7.35. The number of nitrogens with two attached hydrogens (primary N) is 2. The molecule has 8 nitrogen and oxygen atoms in total. The zero-order valence-electron chi connectivity index (χ0n) is 15.8. The number of aromatic nitrogens is 4. The highest BCUT2D eigenvalue weighted by Gasteiger charge is 2.20. The van der Waals surface area contributed by atoms with Crippen LogP contribution in [-0.4, -0.2) is 31.6 Å². The van der Waals surface area contributed by atoms with E-state index in [-0.39, 0.29) is 0 Å². The Balaban J connectivity index is 1.58. The van der Waals surface area contributed by atoms with Gasteiger partial charge in [0, 0.05) is 25.7 Å². The van der Waals surface area contributed by atoms with Crippen molar-refractivity contribution in [3.63, 3.8) is 0 Å². The number of nitrogens with zero attached hydrogens (tertiary/aromatic N) is 4. The first-order chi connectivity index (χ1) is 13.5. The Hall–Kier alpha value is -2.58. The first-order valence-electron chi connectivity index (χ1n) is 9.49. The molecule has 9 heteroatoms. The lowest BCUT2D eigenvalue weighted by Gasteiger charge is -2.26. The van der Waals surface area contributed by atoms with Crippen molar-refractivity contribution in [1.82, 2.24) is 19.5 Å². The molecule has 1 saturated carbocycles. The lowest BCUT2D eigenvalue weighted by molar-refractivity contribution is 0.410. The van der Waals surface area contributed by atoms with Gasteiger partial charge in [-0.15, -0.1) is 0 Å². The fourth-order valence-electron chi connectivity index (χ4n) is 3.56. The van der Waals surface area contributed by atoms with Gasteiger partial charge in [-0.25, -0.2) is 4.98 Å². The van der Waals surface area contributed by atoms with Crippen molar-refractivity contribution in [3.8, 4) is 0 Å². The summed E-state index contributed by atoms with van der Waals surface area (Å²) in [5.74, 6) is 1.26. The lowest BCUT2D eigenvalue weighted by Crippen LogP contribution is -2.33. The normalized spacial score (nSPS) is 19.7. The molecule has 0 atom stereocenters. The van der Waals surface area contributed by atoms with Gasteiger partial charge in [0.15, 0.2) is 17.0 Å². The predicted molar refractivity (Wildman–Crippen MR) is 113 cm³/mol. The van der Waals surface area contributed by atoms with Crippen molar-refractivity contribution >= 4 is 40.2 Å². The van der Waals surface area contributed by atoms with Crippen molar-refractivity contribution in [2.24, 2.45) is 12.8 Å². The van der Waals surface area contributed by atoms with Crippen LogP contribution in [0, 0.1) is 0 Å². The number of hydrogen-bond donors (Lipinski definition) is 4. The summed E-state index contributed by atoms with van der Waals surface area (Å²) in [6.07, 6.45) is 5.82. The fourth-order valence-corrected chi connectivity index (χ4v) is 3.75. The quantitative estimate of drug-likeness (QED) is 0.486. The molecule has 2 aromatic heterocycles. The molecule has 1 aromatic carbocycles. The Morgan fingerprint density at radius 2 is 2.00 bits per heavy atom. The van der Waals surface area contributed by atoms with E-state index in [9.17, 15) is 0 Å². The number of hydrogen-bond acceptors (Lipinski definition) is 7. The van der Waals surface area contributed by atoms with E-state index in [1.165, 1.54) is 0 Å². The molecule has 3 aromatic rings. The van der Waals surface area contributed by atoms with Crippen LogP contribution in [0.4, 0.5) is 17.5 Å². The van der Waals surface area contributed by atoms with E-state index in [0.29, 0.717) is 41.1 Å². The second kappa shape index (κ2) is 7.81. The fraction of sp³-hybridized carbons (Fsp3) is 0.421. The molecular weight excluding hydrogens is 376 g/mol. The minimum absolute atomic E-state index is 0.305. The van der Waals surface area contributed by atoms with Crippen LogP contribution in [-0.2, 0) is 13.6 Å². The third kappa shape index (κ3) is 3.83. The summed E-state index contributed by atoms with van der Waals surface area (Å²) in [7, 11) is 1.92. The van der Waals surface area contributed by atoms with E-state index >= 15 is 0 Å². The molecule has 0 radical (unpaired) electrons. The van der Waals surface area contributed by atoms with Gasteiger partial charge < -0.3 is 26.7 Å². The smallest absolute Gasteiger partial charge is 0.227 e. The maximum absolute atomic E-state index is 6.12. The topological polar surface area (TPSA) is 120 Å². The first-order valence-corrected chi connectivity index (χ1v) is 9.87. The van der Waals surface area contributed by atoms with Crippen LogP contribution in [0.3, 0.4) is 0 Å². The monoisotopic (exact) mass is 400 g/mol. The predicted octanol–water partition coefficient (Wildman–Crippen LogP) is 2.89. The molecule has 1 aliphatic rings. The van der Waals surface area contributed by atoms with Crippen molar-refractivity contribution in [1.29, 1.82) is 0 Å². The minimum Gasteiger partial charge on any atom is -0.397 e. The van der Waals surface area contributed by atoms with Gasteiger partial charge in [-0.1, -0.05) is 23.7 Å². The maximum Gasteiger partial charge on any atom is 0.227 e. The number of para-hydroxylation sites is 1. The van der Waals surface area contributed by atoms with Gasteiger partial charge in [-0.05, 0) is 37.3 Å². The van der Waals surface area contributed by atoms with Gasteiger partial charge in [0.05, 0.1) is 17.0 Å². The molecule has 0 bridgehead atoms. The van der Waals surface area contributed by atoms with Gasteiger partial charge in [0.2, 0.25) is 5.95 Å². The number of fused-ring (bicyclic) bond motifs is 1. The van der Waals surface area contributed by atoms with Crippen LogP contribution in [0.2, 0.25) is 5.02 Å². The SMILES string of the molecule is Cn1cnc2c(NCc3cccc(Cl)c3N)nc(NC3CCC(N)CC3)nc21. The number of aryl methyl sites for hydroxylation is 1. The molecule has 148 valence electrons. The molecule has 2 heterocycles. The largest absolute Gasteiger partial charge is 0.397 e. The molecule has 0 unspecified atom stereocenters. The Morgan fingerprint density at radius 3 is 2.79 bits per heavy atom. The number of nitrogens with one attached hydrogen (secondary N) is 2. The maximum atomic E-state index is 6.12. The molecule has 1 aliphatic carbocycles. The van der Waals surface area contributed by atoms with E-state index in [1.807, 2.05) is 23.7 Å². The van der Waals surface area contributed by atoms with Gasteiger partial charge in [0.1, 0.15) is 0 Å². The van der Waals surface area contributed by atoms with Crippen molar-refractivity contribution in [3.05, 3.63) is 35.1 Å². The zero-order chi connectivity index (χ0) is 19.7. The average molecular weight is 401 g/mol. The summed E-state index contributed by atoms with van der Waals surface area (Å²) >= 11 is 6.12. The minimum atomic E-state index is 0.305.